The van der Waals surface area contributed by atoms with Crippen molar-refractivity contribution in [3.05, 3.63) is 89.5 Å². The highest BCUT2D eigenvalue weighted by atomic mass is 16.6. The maximum absolute atomic E-state index is 13.7. The summed E-state index contributed by atoms with van der Waals surface area (Å²) < 4.78 is 23.0. The van der Waals surface area contributed by atoms with Crippen molar-refractivity contribution in [3.8, 4) is 11.5 Å². The summed E-state index contributed by atoms with van der Waals surface area (Å²) in [6.07, 6.45) is -0.549. The van der Waals surface area contributed by atoms with E-state index < -0.39 is 40.8 Å². The van der Waals surface area contributed by atoms with E-state index in [1.165, 1.54) is 0 Å². The summed E-state index contributed by atoms with van der Waals surface area (Å²) in [6, 6.07) is 20.9. The number of carbonyl (C=O) groups excluding carboxylic acids is 3. The number of alkyl carbamates (subject to hydrolysis) is 1. The summed E-state index contributed by atoms with van der Waals surface area (Å²) in [5.41, 5.74) is 0.391. The fourth-order valence-electron chi connectivity index (χ4n) is 4.08. The van der Waals surface area contributed by atoms with E-state index in [0.717, 1.165) is 11.1 Å². The number of ether oxygens (including phenoxy) is 4. The fraction of sp³-hybridized carbons (Fsp3) is 0.417. The second kappa shape index (κ2) is 14.5. The predicted molar refractivity (Wildman–Crippen MR) is 175 cm³/mol. The average molecular weight is 619 g/mol. The van der Waals surface area contributed by atoms with Crippen molar-refractivity contribution in [2.24, 2.45) is 0 Å². The number of hydrogen-bond donors (Lipinski definition) is 2. The molecule has 0 fully saturated rings. The van der Waals surface area contributed by atoms with Crippen LogP contribution in [-0.4, -0.2) is 40.8 Å². The standard InChI is InChI=1S/C36H46N2O7/c1-34(2,3)43-30-22-26(32(40)44-35(4,5)6)17-20-28(30)37-31(39)29(38-33(41)45-36(7,8)9)21-24-15-18-27(19-16-24)42-23-25-13-11-10-12-14-25/h10-20,22,29H,21,23H2,1-9H3,(H,37,39)(H,38,41)/t29-/m1/s1. The molecule has 0 aliphatic rings. The Hall–Kier alpha value is -4.53. The lowest BCUT2D eigenvalue weighted by atomic mass is 10.0. The van der Waals surface area contributed by atoms with E-state index in [0.29, 0.717) is 18.0 Å². The number of amides is 2. The maximum atomic E-state index is 13.7. The van der Waals surface area contributed by atoms with E-state index in [9.17, 15) is 14.4 Å². The Morgan fingerprint density at radius 1 is 0.711 bits per heavy atom. The first-order valence-corrected chi connectivity index (χ1v) is 15.0. The van der Waals surface area contributed by atoms with E-state index in [1.54, 1.807) is 59.7 Å². The molecule has 2 N–H and O–H groups in total. The minimum absolute atomic E-state index is 0.176. The SMILES string of the molecule is CC(C)(C)OC(=O)N[C@H](Cc1ccc(OCc2ccccc2)cc1)C(=O)Nc1ccc(C(=O)OC(C)(C)C)cc1OC(C)(C)C. The fourth-order valence-corrected chi connectivity index (χ4v) is 4.08. The molecule has 2 amide bonds. The Morgan fingerprint density at radius 2 is 1.33 bits per heavy atom. The first-order chi connectivity index (χ1) is 20.9. The van der Waals surface area contributed by atoms with Crippen molar-refractivity contribution in [2.45, 2.75) is 98.2 Å². The van der Waals surface area contributed by atoms with Crippen LogP contribution in [0.25, 0.3) is 0 Å². The summed E-state index contributed by atoms with van der Waals surface area (Å²) >= 11 is 0. The largest absolute Gasteiger partial charge is 0.489 e. The van der Waals surface area contributed by atoms with Gasteiger partial charge in [-0.3, -0.25) is 4.79 Å². The van der Waals surface area contributed by atoms with Crippen molar-refractivity contribution in [3.63, 3.8) is 0 Å². The Kier molecular flexibility index (Phi) is 11.3. The molecule has 3 rings (SSSR count). The molecule has 3 aromatic carbocycles. The van der Waals surface area contributed by atoms with Gasteiger partial charge in [0.05, 0.1) is 11.3 Å². The molecule has 0 bridgehead atoms. The van der Waals surface area contributed by atoms with E-state index in [1.807, 2.05) is 75.4 Å². The molecule has 0 spiro atoms. The normalized spacial score (nSPS) is 12.5. The Morgan fingerprint density at radius 3 is 1.91 bits per heavy atom. The lowest BCUT2D eigenvalue weighted by Crippen LogP contribution is -2.47. The Bertz CT molecular complexity index is 1450. The van der Waals surface area contributed by atoms with Crippen LogP contribution in [0, 0.1) is 0 Å². The molecule has 0 heterocycles. The van der Waals surface area contributed by atoms with Crippen LogP contribution in [-0.2, 0) is 27.3 Å². The van der Waals surface area contributed by atoms with E-state index in [4.69, 9.17) is 18.9 Å². The molecule has 9 nitrogen and oxygen atoms in total. The molecule has 242 valence electrons. The van der Waals surface area contributed by atoms with Gasteiger partial charge in [0, 0.05) is 6.42 Å². The zero-order valence-electron chi connectivity index (χ0n) is 27.8. The van der Waals surface area contributed by atoms with Crippen LogP contribution in [0.1, 0.15) is 83.8 Å². The molecular weight excluding hydrogens is 572 g/mol. The third-order valence-electron chi connectivity index (χ3n) is 5.91. The van der Waals surface area contributed by atoms with Gasteiger partial charge >= 0.3 is 12.1 Å². The van der Waals surface area contributed by atoms with E-state index in [2.05, 4.69) is 10.6 Å². The molecule has 1 atom stereocenters. The number of anilines is 1. The van der Waals surface area contributed by atoms with Gasteiger partial charge in [0.2, 0.25) is 5.91 Å². The number of nitrogens with one attached hydrogen (secondary N) is 2. The van der Waals surface area contributed by atoms with Crippen molar-refractivity contribution in [1.29, 1.82) is 0 Å². The topological polar surface area (TPSA) is 112 Å². The summed E-state index contributed by atoms with van der Waals surface area (Å²) in [5, 5.41) is 5.58. The zero-order valence-corrected chi connectivity index (χ0v) is 27.8. The quantitative estimate of drug-likeness (QED) is 0.227. The van der Waals surface area contributed by atoms with Crippen LogP contribution in [0.15, 0.2) is 72.8 Å². The number of hydrogen-bond acceptors (Lipinski definition) is 7. The van der Waals surface area contributed by atoms with Crippen LogP contribution < -0.4 is 20.1 Å². The third kappa shape index (κ3) is 12.5. The van der Waals surface area contributed by atoms with Gasteiger partial charge in [-0.25, -0.2) is 9.59 Å². The van der Waals surface area contributed by atoms with Gasteiger partial charge in [-0.1, -0.05) is 42.5 Å². The molecule has 0 aliphatic heterocycles. The second-order valence-electron chi connectivity index (χ2n) is 13.7. The van der Waals surface area contributed by atoms with Crippen LogP contribution in [0.2, 0.25) is 0 Å². The van der Waals surface area contributed by atoms with Gasteiger partial charge in [-0.05, 0) is 104 Å². The van der Waals surface area contributed by atoms with Crippen LogP contribution >= 0.6 is 0 Å². The van der Waals surface area contributed by atoms with E-state index in [-0.39, 0.29) is 17.7 Å². The molecular formula is C36H46N2O7. The number of rotatable bonds is 10. The van der Waals surface area contributed by atoms with Gasteiger partial charge in [-0.2, -0.15) is 0 Å². The second-order valence-corrected chi connectivity index (χ2v) is 13.7. The van der Waals surface area contributed by atoms with Crippen molar-refractivity contribution in [1.82, 2.24) is 5.32 Å². The molecule has 9 heteroatoms. The summed E-state index contributed by atoms with van der Waals surface area (Å²) in [6.45, 7) is 16.6. The predicted octanol–water partition coefficient (Wildman–Crippen LogP) is 7.47. The summed E-state index contributed by atoms with van der Waals surface area (Å²) in [7, 11) is 0. The molecule has 45 heavy (non-hydrogen) atoms. The molecule has 0 saturated heterocycles. The van der Waals surface area contributed by atoms with Crippen molar-refractivity contribution >= 4 is 23.7 Å². The molecule has 0 unspecified atom stereocenters. The highest BCUT2D eigenvalue weighted by Gasteiger charge is 2.27. The van der Waals surface area contributed by atoms with Crippen LogP contribution in [0.3, 0.4) is 0 Å². The van der Waals surface area contributed by atoms with Gasteiger partial charge < -0.3 is 29.6 Å². The van der Waals surface area contributed by atoms with Gasteiger partial charge in [-0.15, -0.1) is 0 Å². The summed E-state index contributed by atoms with van der Waals surface area (Å²) in [4.78, 5) is 39.2. The molecule has 0 radical (unpaired) electrons. The van der Waals surface area contributed by atoms with Gasteiger partial charge in [0.1, 0.15) is 41.0 Å². The lowest BCUT2D eigenvalue weighted by molar-refractivity contribution is -0.118. The van der Waals surface area contributed by atoms with Crippen LogP contribution in [0.4, 0.5) is 10.5 Å². The minimum atomic E-state index is -0.996. The minimum Gasteiger partial charge on any atom is -0.489 e. The first-order valence-electron chi connectivity index (χ1n) is 15.0. The zero-order chi connectivity index (χ0) is 33.4. The molecule has 0 aromatic heterocycles. The third-order valence-corrected chi connectivity index (χ3v) is 5.91. The highest BCUT2D eigenvalue weighted by molar-refractivity contribution is 5.99. The molecule has 0 aliphatic carbocycles. The number of esters is 1. The van der Waals surface area contributed by atoms with Gasteiger partial charge in [0.25, 0.3) is 0 Å². The Balaban J connectivity index is 1.83. The van der Waals surface area contributed by atoms with Crippen molar-refractivity contribution in [2.75, 3.05) is 5.32 Å². The average Bonchev–Trinajstić information content (AvgIpc) is 2.91. The monoisotopic (exact) mass is 618 g/mol. The maximum Gasteiger partial charge on any atom is 0.408 e. The molecule has 3 aromatic rings. The van der Waals surface area contributed by atoms with Gasteiger partial charge in [0.15, 0.2) is 0 Å². The lowest BCUT2D eigenvalue weighted by Gasteiger charge is -2.26. The smallest absolute Gasteiger partial charge is 0.408 e. The highest BCUT2D eigenvalue weighted by Crippen LogP contribution is 2.31. The van der Waals surface area contributed by atoms with Crippen LogP contribution in [0.5, 0.6) is 11.5 Å². The first kappa shape index (κ1) is 35.0. The summed E-state index contributed by atoms with van der Waals surface area (Å²) in [5.74, 6) is -0.0401. The van der Waals surface area contributed by atoms with E-state index >= 15 is 0 Å². The van der Waals surface area contributed by atoms with Crippen molar-refractivity contribution < 1.29 is 33.3 Å². The Labute approximate surface area is 266 Å². The number of carbonyl (C=O) groups is 3. The number of benzene rings is 3. The molecule has 0 saturated carbocycles.